The Morgan fingerprint density at radius 2 is 0.553 bits per heavy atom. The van der Waals surface area contributed by atoms with E-state index in [9.17, 15) is 9.59 Å². The zero-order valence-electron chi connectivity index (χ0n) is 26.7. The molecule has 0 atom stereocenters. The fraction of sp³-hybridized carbons (Fsp3) is 0.353. The average Bonchev–Trinajstić information content (AvgIpc) is 2.80. The second-order valence-electron chi connectivity index (χ2n) is 6.10. The lowest BCUT2D eigenvalue weighted by molar-refractivity contribution is -0.147. The molecule has 38 heavy (non-hydrogen) atoms. The molecule has 0 aliphatic rings. The van der Waals surface area contributed by atoms with Crippen molar-refractivity contribution in [3.8, 4) is 0 Å². The Kier molecular flexibility index (Phi) is 132. The van der Waals surface area contributed by atoms with Gasteiger partial charge in [-0.15, -0.1) is 52.6 Å². The Labute approximate surface area is 238 Å². The number of esters is 2. The molecule has 222 valence electrons. The van der Waals surface area contributed by atoms with Crippen molar-refractivity contribution < 1.29 is 19.1 Å². The summed E-state index contributed by atoms with van der Waals surface area (Å²) in [6, 6.07) is 0. The normalized spacial score (nSPS) is 6.05. The number of allylic oxidation sites excluding steroid dienone is 8. The van der Waals surface area contributed by atoms with Gasteiger partial charge in [0, 0.05) is 11.1 Å². The van der Waals surface area contributed by atoms with Crippen molar-refractivity contribution in [2.45, 2.75) is 69.2 Å². The van der Waals surface area contributed by atoms with Gasteiger partial charge in [-0.1, -0.05) is 61.8 Å². The maximum Gasteiger partial charge on any atom is 0.333 e. The van der Waals surface area contributed by atoms with E-state index in [2.05, 4.69) is 75.3 Å². The van der Waals surface area contributed by atoms with E-state index < -0.39 is 11.9 Å². The molecule has 0 heterocycles. The Balaban J connectivity index is -0.0000000414. The second-order valence-corrected chi connectivity index (χ2v) is 6.10. The molecule has 0 fully saturated rings. The van der Waals surface area contributed by atoms with Gasteiger partial charge in [0.25, 0.3) is 0 Å². The van der Waals surface area contributed by atoms with Crippen LogP contribution in [0.15, 0.2) is 126 Å². The van der Waals surface area contributed by atoms with E-state index in [1.807, 2.05) is 55.4 Å². The van der Waals surface area contributed by atoms with Gasteiger partial charge in [-0.25, -0.2) is 9.59 Å². The van der Waals surface area contributed by atoms with Crippen molar-refractivity contribution in [3.63, 3.8) is 0 Å². The summed E-state index contributed by atoms with van der Waals surface area (Å²) in [6.45, 7) is 52.0. The quantitative estimate of drug-likeness (QED) is 0.152. The van der Waals surface area contributed by atoms with Crippen LogP contribution in [-0.2, 0) is 19.1 Å². The van der Waals surface area contributed by atoms with Crippen molar-refractivity contribution in [2.75, 3.05) is 13.2 Å². The van der Waals surface area contributed by atoms with Crippen LogP contribution in [0.5, 0.6) is 0 Å². The summed E-state index contributed by atoms with van der Waals surface area (Å²) in [5.41, 5.74) is 0.632. The summed E-state index contributed by atoms with van der Waals surface area (Å²) in [5.74, 6) is -0.979. The third kappa shape index (κ3) is 247. The summed E-state index contributed by atoms with van der Waals surface area (Å²) >= 11 is 0. The standard InChI is InChI=1S/C10H14O4.8C3H6/c1-7(2)9(11)13-5-6-14-10(12)8(3)4;8*1-3-2/h1,3,5-6H2,2,4H3;8*3H,1H2,2H3. The lowest BCUT2D eigenvalue weighted by atomic mass is 10.4. The number of hydrogen-bond acceptors (Lipinski definition) is 4. The molecule has 0 aromatic heterocycles. The topological polar surface area (TPSA) is 52.6 Å². The van der Waals surface area contributed by atoms with Gasteiger partial charge in [-0.05, 0) is 69.2 Å². The second kappa shape index (κ2) is 84.3. The van der Waals surface area contributed by atoms with E-state index in [1.54, 1.807) is 62.5 Å². The number of ether oxygens (including phenoxy) is 2. The highest BCUT2D eigenvalue weighted by Gasteiger charge is 2.05. The van der Waals surface area contributed by atoms with Crippen LogP contribution in [0.3, 0.4) is 0 Å². The van der Waals surface area contributed by atoms with E-state index in [4.69, 9.17) is 0 Å². The van der Waals surface area contributed by atoms with E-state index in [-0.39, 0.29) is 13.2 Å². The summed E-state index contributed by atoms with van der Waals surface area (Å²) in [7, 11) is 0. The molecule has 0 rings (SSSR count). The molecule has 0 aliphatic heterocycles. The van der Waals surface area contributed by atoms with E-state index in [0.29, 0.717) is 11.1 Å². The Morgan fingerprint density at radius 1 is 0.447 bits per heavy atom. The molecular formula is C34H62O4. The van der Waals surface area contributed by atoms with Crippen molar-refractivity contribution in [2.24, 2.45) is 0 Å². The molecular weight excluding hydrogens is 472 g/mol. The SMILES string of the molecule is C=C(C)C(=O)OCCOC(=O)C(=C)C.C=CC.C=CC.C=CC.C=CC.C=CC.C=CC.C=CC.C=CC. The van der Waals surface area contributed by atoms with Crippen LogP contribution in [-0.4, -0.2) is 25.2 Å². The summed E-state index contributed by atoms with van der Waals surface area (Å²) in [6.07, 6.45) is 14.0. The molecule has 0 radical (unpaired) electrons. The molecule has 0 bridgehead atoms. The first-order valence-electron chi connectivity index (χ1n) is 12.0. The van der Waals surface area contributed by atoms with Crippen LogP contribution in [0.2, 0.25) is 0 Å². The number of hydrogen-bond donors (Lipinski definition) is 0. The molecule has 0 N–H and O–H groups in total. The molecule has 0 saturated carbocycles. The Morgan fingerprint density at radius 3 is 0.632 bits per heavy atom. The minimum Gasteiger partial charge on any atom is -0.459 e. The van der Waals surface area contributed by atoms with Gasteiger partial charge in [0.15, 0.2) is 0 Å². The Hall–Kier alpha value is -3.66. The predicted octanol–water partition coefficient (Wildman–Crippen LogP) is 10.8. The number of rotatable bonds is 5. The highest BCUT2D eigenvalue weighted by molar-refractivity contribution is 5.87. The van der Waals surface area contributed by atoms with Gasteiger partial charge >= 0.3 is 11.9 Å². The highest BCUT2D eigenvalue weighted by atomic mass is 16.6. The predicted molar refractivity (Wildman–Crippen MR) is 179 cm³/mol. The van der Waals surface area contributed by atoms with Crippen LogP contribution in [0.4, 0.5) is 0 Å². The monoisotopic (exact) mass is 534 g/mol. The third-order valence-electron chi connectivity index (χ3n) is 1.25. The van der Waals surface area contributed by atoms with Crippen LogP contribution in [0, 0.1) is 0 Å². The fourth-order valence-electron chi connectivity index (χ4n) is 0.515. The molecule has 0 amide bonds. The molecule has 0 aliphatic carbocycles. The van der Waals surface area contributed by atoms with Crippen molar-refractivity contribution in [1.29, 1.82) is 0 Å². The molecule has 0 aromatic rings. The van der Waals surface area contributed by atoms with Crippen LogP contribution in [0.1, 0.15) is 69.2 Å². The van der Waals surface area contributed by atoms with Crippen LogP contribution < -0.4 is 0 Å². The third-order valence-corrected chi connectivity index (χ3v) is 1.25. The van der Waals surface area contributed by atoms with E-state index in [1.165, 1.54) is 0 Å². The van der Waals surface area contributed by atoms with E-state index >= 15 is 0 Å². The first-order chi connectivity index (χ1) is 17.8. The highest BCUT2D eigenvalue weighted by Crippen LogP contribution is 1.94. The zero-order chi connectivity index (χ0) is 32.8. The lowest BCUT2D eigenvalue weighted by Gasteiger charge is -2.05. The van der Waals surface area contributed by atoms with Gasteiger partial charge in [0.1, 0.15) is 13.2 Å². The zero-order valence-corrected chi connectivity index (χ0v) is 26.7. The minimum absolute atomic E-state index is 0.0325. The van der Waals surface area contributed by atoms with Crippen molar-refractivity contribution in [3.05, 3.63) is 126 Å². The maximum absolute atomic E-state index is 10.8. The van der Waals surface area contributed by atoms with Gasteiger partial charge in [0.2, 0.25) is 0 Å². The van der Waals surface area contributed by atoms with Gasteiger partial charge < -0.3 is 9.47 Å². The molecule has 0 spiro atoms. The summed E-state index contributed by atoms with van der Waals surface area (Å²) < 4.78 is 9.38. The fourth-order valence-corrected chi connectivity index (χ4v) is 0.515. The first-order valence-corrected chi connectivity index (χ1v) is 12.0. The molecule has 0 saturated heterocycles. The smallest absolute Gasteiger partial charge is 0.333 e. The van der Waals surface area contributed by atoms with Crippen LogP contribution >= 0.6 is 0 Å². The van der Waals surface area contributed by atoms with Crippen molar-refractivity contribution >= 4 is 11.9 Å². The number of carbonyl (C=O) groups is 2. The Bertz CT molecular complexity index is 479. The van der Waals surface area contributed by atoms with Gasteiger partial charge in [-0.2, -0.15) is 0 Å². The molecule has 4 nitrogen and oxygen atoms in total. The average molecular weight is 535 g/mol. The van der Waals surface area contributed by atoms with Gasteiger partial charge in [0.05, 0.1) is 0 Å². The van der Waals surface area contributed by atoms with E-state index in [0.717, 1.165) is 0 Å². The molecule has 4 heteroatoms. The number of carbonyl (C=O) groups excluding carboxylic acids is 2. The van der Waals surface area contributed by atoms with Crippen molar-refractivity contribution in [1.82, 2.24) is 0 Å². The first kappa shape index (κ1) is 59.4. The largest absolute Gasteiger partial charge is 0.459 e. The lowest BCUT2D eigenvalue weighted by Crippen LogP contribution is -2.14. The minimum atomic E-state index is -0.489. The maximum atomic E-state index is 10.8. The molecule has 0 unspecified atom stereocenters. The summed E-state index contributed by atoms with van der Waals surface area (Å²) in [5, 5.41) is 0. The summed E-state index contributed by atoms with van der Waals surface area (Å²) in [4.78, 5) is 21.7. The molecule has 0 aromatic carbocycles. The van der Waals surface area contributed by atoms with Gasteiger partial charge in [-0.3, -0.25) is 0 Å². The van der Waals surface area contributed by atoms with Crippen LogP contribution in [0.25, 0.3) is 0 Å².